The average molecular weight is 614 g/mol. The van der Waals surface area contributed by atoms with E-state index in [1.165, 1.54) is 15.6 Å². The molecule has 0 amide bonds. The van der Waals surface area contributed by atoms with Gasteiger partial charge in [0.15, 0.2) is 0 Å². The number of benzene rings is 2. The molecule has 2 aromatic carbocycles. The van der Waals surface area contributed by atoms with E-state index in [9.17, 15) is 0 Å². The first-order chi connectivity index (χ1) is 14.6. The molecule has 4 rings (SSSR count). The van der Waals surface area contributed by atoms with E-state index in [2.05, 4.69) is 22.3 Å². The molecule has 2 heterocycles. The fraction of sp³-hybridized carbons (Fsp3) is 0.280. The summed E-state index contributed by atoms with van der Waals surface area (Å²) in [6.07, 6.45) is 4.82. The van der Waals surface area contributed by atoms with E-state index in [4.69, 9.17) is 0 Å². The van der Waals surface area contributed by atoms with Crippen molar-refractivity contribution in [3.05, 3.63) is 95.6 Å². The predicted molar refractivity (Wildman–Crippen MR) is 116 cm³/mol. The van der Waals surface area contributed by atoms with Gasteiger partial charge in [-0.1, -0.05) is 40.2 Å². The molecule has 0 atom stereocenters. The van der Waals surface area contributed by atoms with E-state index in [-0.39, 0.29) is 38.0 Å². The molecular formula is C25H24F2N4Pt. The Morgan fingerprint density at radius 3 is 2.12 bits per heavy atom. The molecule has 0 aliphatic heterocycles. The van der Waals surface area contributed by atoms with E-state index in [1.807, 2.05) is 44.2 Å². The number of rotatable bonds is 4. The van der Waals surface area contributed by atoms with Crippen LogP contribution in [0.3, 0.4) is 0 Å². The zero-order valence-electron chi connectivity index (χ0n) is 18.6. The van der Waals surface area contributed by atoms with E-state index in [0.717, 1.165) is 11.3 Å². The van der Waals surface area contributed by atoms with Crippen LogP contribution in [0.5, 0.6) is 0 Å². The van der Waals surface area contributed by atoms with Crippen LogP contribution in [-0.2, 0) is 31.9 Å². The number of aromatic nitrogens is 4. The van der Waals surface area contributed by atoms with Crippen molar-refractivity contribution in [2.75, 3.05) is 0 Å². The fourth-order valence-corrected chi connectivity index (χ4v) is 3.63. The molecule has 0 aliphatic carbocycles. The maximum atomic E-state index is 15.6. The maximum Gasteiger partial charge on any atom is 2.00 e. The minimum atomic E-state index is -0.770. The zero-order valence-corrected chi connectivity index (χ0v) is 20.8. The molecule has 0 saturated heterocycles. The van der Waals surface area contributed by atoms with Crippen LogP contribution in [0.4, 0.5) is 8.78 Å². The summed E-state index contributed by atoms with van der Waals surface area (Å²) in [5.74, 6) is -1.36. The quantitative estimate of drug-likeness (QED) is 0.283. The molecule has 0 radical (unpaired) electrons. The van der Waals surface area contributed by atoms with E-state index >= 15 is 8.78 Å². The number of hydrogen-bond acceptors (Lipinski definition) is 2. The van der Waals surface area contributed by atoms with Crippen molar-refractivity contribution in [1.82, 2.24) is 19.6 Å². The molecule has 168 valence electrons. The van der Waals surface area contributed by atoms with Gasteiger partial charge in [0.05, 0.1) is 5.69 Å². The van der Waals surface area contributed by atoms with Gasteiger partial charge >= 0.3 is 21.1 Å². The number of nitrogens with zero attached hydrogens (tertiary/aromatic N) is 4. The van der Waals surface area contributed by atoms with Gasteiger partial charge in [-0.2, -0.15) is 46.1 Å². The largest absolute Gasteiger partial charge is 2.00 e. The third kappa shape index (κ3) is 4.21. The number of hydrogen-bond donors (Lipinski definition) is 0. The fourth-order valence-electron chi connectivity index (χ4n) is 3.63. The molecular weight excluding hydrogens is 589 g/mol. The smallest absolute Gasteiger partial charge is 0.282 e. The van der Waals surface area contributed by atoms with E-state index in [0.29, 0.717) is 0 Å². The van der Waals surface area contributed by atoms with Crippen molar-refractivity contribution in [2.24, 2.45) is 0 Å². The molecule has 4 nitrogen and oxygen atoms in total. The molecule has 0 aliphatic rings. The van der Waals surface area contributed by atoms with Gasteiger partial charge in [0, 0.05) is 35.6 Å². The summed E-state index contributed by atoms with van der Waals surface area (Å²) in [6.45, 7) is 9.38. The predicted octanol–water partition coefficient (Wildman–Crippen LogP) is 5.56. The van der Waals surface area contributed by atoms with Crippen LogP contribution < -0.4 is 0 Å². The van der Waals surface area contributed by atoms with Gasteiger partial charge in [-0.05, 0) is 28.9 Å². The van der Waals surface area contributed by atoms with Gasteiger partial charge in [-0.15, -0.1) is 6.07 Å². The van der Waals surface area contributed by atoms with Gasteiger partial charge in [-0.25, -0.2) is 0 Å². The Bertz CT molecular complexity index is 1210. The Hall–Kier alpha value is -2.59. The third-order valence-corrected chi connectivity index (χ3v) is 5.42. The Morgan fingerprint density at radius 2 is 1.56 bits per heavy atom. The summed E-state index contributed by atoms with van der Waals surface area (Å²) in [4.78, 5) is 0. The SMILES string of the molecule is CC(C)(C)c1c(F)c(-n2cccn2)[c-]c(-n2ccc(C(C)(C)c3[c-]cccc3)n2)c1F.[Pt+2]. The molecule has 0 spiro atoms. The summed E-state index contributed by atoms with van der Waals surface area (Å²) in [5.41, 5.74) is 0.574. The molecule has 2 aromatic heterocycles. The van der Waals surface area contributed by atoms with Gasteiger partial charge in [0.2, 0.25) is 0 Å². The van der Waals surface area contributed by atoms with Crippen molar-refractivity contribution in [2.45, 2.75) is 45.4 Å². The molecule has 4 aromatic rings. The van der Waals surface area contributed by atoms with Gasteiger partial charge in [0.1, 0.15) is 0 Å². The van der Waals surface area contributed by atoms with Crippen molar-refractivity contribution in [3.8, 4) is 11.4 Å². The Kier molecular flexibility index (Phi) is 6.57. The monoisotopic (exact) mass is 613 g/mol. The van der Waals surface area contributed by atoms with Crippen LogP contribution >= 0.6 is 0 Å². The summed E-state index contributed by atoms with van der Waals surface area (Å²) in [6, 6.07) is 17.3. The van der Waals surface area contributed by atoms with Crippen molar-refractivity contribution in [3.63, 3.8) is 0 Å². The van der Waals surface area contributed by atoms with Crippen LogP contribution in [0, 0.1) is 23.8 Å². The zero-order chi connectivity index (χ0) is 22.4. The Balaban J connectivity index is 0.00000289. The second kappa shape index (κ2) is 8.74. The molecule has 0 fully saturated rings. The molecule has 7 heteroatoms. The standard InChI is InChI=1S/C25H24F2N4.Pt/c1-24(2,3)21-22(26)18(30-14-9-13-28-30)16-19(23(21)27)31-15-12-20(29-31)25(4,5)17-10-7-6-8-11-17;/h6-10,12-15H,1-5H3;/q-2;+2. The molecule has 0 bridgehead atoms. The minimum absolute atomic E-state index is 0. The van der Waals surface area contributed by atoms with E-state index in [1.54, 1.807) is 39.2 Å². The van der Waals surface area contributed by atoms with Gasteiger partial charge in [-0.3, -0.25) is 18.1 Å². The van der Waals surface area contributed by atoms with Gasteiger partial charge in [0.25, 0.3) is 0 Å². The summed E-state index contributed by atoms with van der Waals surface area (Å²) in [7, 11) is 0. The number of halogens is 2. The minimum Gasteiger partial charge on any atom is -0.282 e. The maximum absolute atomic E-state index is 15.6. The van der Waals surface area contributed by atoms with E-state index < -0.39 is 22.5 Å². The van der Waals surface area contributed by atoms with Crippen LogP contribution in [0.2, 0.25) is 0 Å². The van der Waals surface area contributed by atoms with Crippen molar-refractivity contribution < 1.29 is 29.8 Å². The second-order valence-electron chi connectivity index (χ2n) is 9.07. The molecule has 0 saturated carbocycles. The first kappa shape index (κ1) is 24.1. The molecule has 0 unspecified atom stereocenters. The van der Waals surface area contributed by atoms with Crippen LogP contribution in [-0.4, -0.2) is 19.6 Å². The first-order valence-electron chi connectivity index (χ1n) is 10.1. The average Bonchev–Trinajstić information content (AvgIpc) is 3.40. The summed E-state index contributed by atoms with van der Waals surface area (Å²) in [5, 5.41) is 8.75. The van der Waals surface area contributed by atoms with Crippen LogP contribution in [0.1, 0.15) is 51.4 Å². The Morgan fingerprint density at radius 1 is 0.875 bits per heavy atom. The van der Waals surface area contributed by atoms with Crippen molar-refractivity contribution in [1.29, 1.82) is 0 Å². The van der Waals surface area contributed by atoms with Crippen LogP contribution in [0.15, 0.2) is 55.0 Å². The van der Waals surface area contributed by atoms with Gasteiger partial charge < -0.3 is 0 Å². The Labute approximate surface area is 201 Å². The third-order valence-electron chi connectivity index (χ3n) is 5.42. The molecule has 0 N–H and O–H groups in total. The summed E-state index contributed by atoms with van der Waals surface area (Å²) >= 11 is 0. The second-order valence-corrected chi connectivity index (χ2v) is 9.07. The van der Waals surface area contributed by atoms with Crippen molar-refractivity contribution >= 4 is 0 Å². The summed E-state index contributed by atoms with van der Waals surface area (Å²) < 4.78 is 33.7. The molecule has 32 heavy (non-hydrogen) atoms. The normalized spacial score (nSPS) is 12.0. The van der Waals surface area contributed by atoms with Crippen LogP contribution in [0.25, 0.3) is 11.4 Å². The first-order valence-corrected chi connectivity index (χ1v) is 10.1. The topological polar surface area (TPSA) is 35.6 Å².